The van der Waals surface area contributed by atoms with Crippen molar-refractivity contribution in [1.82, 2.24) is 4.90 Å². The van der Waals surface area contributed by atoms with Crippen molar-refractivity contribution >= 4 is 11.9 Å². The Morgan fingerprint density at radius 2 is 1.73 bits per heavy atom. The Morgan fingerprint density at radius 1 is 1.13 bits per heavy atom. The molecule has 2 bridgehead atoms. The number of halogens is 4. The molecule has 0 N–H and O–H groups in total. The first-order valence-electron chi connectivity index (χ1n) is 9.82. The number of morpholine rings is 1. The van der Waals surface area contributed by atoms with E-state index in [2.05, 4.69) is 0 Å². The van der Waals surface area contributed by atoms with Gasteiger partial charge >= 0.3 is 12.3 Å². The highest BCUT2D eigenvalue weighted by molar-refractivity contribution is 5.84. The molecule has 1 amide bonds. The van der Waals surface area contributed by atoms with Gasteiger partial charge in [0.1, 0.15) is 17.2 Å². The maximum Gasteiger partial charge on any atom is 0.416 e. The zero-order valence-corrected chi connectivity index (χ0v) is 17.1. The normalized spacial score (nSPS) is 24.5. The molecule has 2 atom stereocenters. The highest BCUT2D eigenvalue weighted by Gasteiger charge is 2.45. The van der Waals surface area contributed by atoms with Crippen LogP contribution >= 0.6 is 0 Å². The molecule has 2 aliphatic heterocycles. The summed E-state index contributed by atoms with van der Waals surface area (Å²) in [4.78, 5) is 27.0. The van der Waals surface area contributed by atoms with Crippen LogP contribution in [0.5, 0.6) is 0 Å². The highest BCUT2D eigenvalue weighted by Crippen LogP contribution is 2.36. The number of benzene rings is 1. The summed E-state index contributed by atoms with van der Waals surface area (Å²) in [6.07, 6.45) is -5.13. The minimum absolute atomic E-state index is 0.229. The number of rotatable bonds is 3. The Labute approximate surface area is 172 Å². The third-order valence-corrected chi connectivity index (χ3v) is 5.32. The maximum atomic E-state index is 13.5. The van der Waals surface area contributed by atoms with Crippen molar-refractivity contribution in [2.24, 2.45) is 5.92 Å². The minimum Gasteiger partial charge on any atom is -0.444 e. The molecule has 2 heterocycles. The van der Waals surface area contributed by atoms with E-state index >= 15 is 0 Å². The van der Waals surface area contributed by atoms with E-state index in [0.29, 0.717) is 6.07 Å². The summed E-state index contributed by atoms with van der Waals surface area (Å²) in [6, 6.07) is 1.37. The first-order chi connectivity index (χ1) is 13.8. The lowest BCUT2D eigenvalue weighted by atomic mass is 9.80. The second-order valence-corrected chi connectivity index (χ2v) is 8.84. The summed E-state index contributed by atoms with van der Waals surface area (Å²) in [5, 5.41) is 0. The Hall–Kier alpha value is -2.16. The van der Waals surface area contributed by atoms with Crippen molar-refractivity contribution < 1.29 is 36.6 Å². The molecule has 0 radical (unpaired) electrons. The zero-order chi connectivity index (χ0) is 22.3. The molecule has 2 saturated heterocycles. The van der Waals surface area contributed by atoms with Crippen molar-refractivity contribution in [3.8, 4) is 0 Å². The topological polar surface area (TPSA) is 55.8 Å². The molecule has 1 aromatic carbocycles. The number of amides is 1. The fourth-order valence-corrected chi connectivity index (χ4v) is 4.11. The molecular formula is C21H25F4NO4. The molecule has 2 fully saturated rings. The molecule has 5 nitrogen and oxygen atoms in total. The number of fused-ring (bicyclic) bond motifs is 2. The van der Waals surface area contributed by atoms with Gasteiger partial charge in [-0.15, -0.1) is 0 Å². The van der Waals surface area contributed by atoms with Crippen LogP contribution in [0.15, 0.2) is 18.2 Å². The number of nitrogens with zero attached hydrogens (tertiary/aromatic N) is 1. The number of hydrogen-bond acceptors (Lipinski definition) is 4. The van der Waals surface area contributed by atoms with Crippen molar-refractivity contribution in [3.05, 3.63) is 35.1 Å². The molecule has 166 valence electrons. The van der Waals surface area contributed by atoms with Gasteiger partial charge in [0.25, 0.3) is 0 Å². The molecule has 1 aromatic rings. The molecule has 0 saturated carbocycles. The van der Waals surface area contributed by atoms with Crippen LogP contribution in [0.2, 0.25) is 0 Å². The predicted octanol–water partition coefficient (Wildman–Crippen LogP) is 4.37. The fourth-order valence-electron chi connectivity index (χ4n) is 4.11. The fraction of sp³-hybridized carbons (Fsp3) is 0.619. The number of Topliss-reactive ketones (excluding diaryl/α,β-unsaturated/α-hetero) is 1. The lowest BCUT2D eigenvalue weighted by Gasteiger charge is -2.47. The summed E-state index contributed by atoms with van der Waals surface area (Å²) >= 11 is 0. The Kier molecular flexibility index (Phi) is 6.13. The van der Waals surface area contributed by atoms with Gasteiger partial charge in [0, 0.05) is 12.3 Å². The molecule has 9 heteroatoms. The van der Waals surface area contributed by atoms with Crippen LogP contribution in [0, 0.1) is 11.7 Å². The molecule has 3 rings (SSSR count). The molecule has 2 unspecified atom stereocenters. The number of carbonyl (C=O) groups is 2. The summed E-state index contributed by atoms with van der Waals surface area (Å²) in [7, 11) is 0. The predicted molar refractivity (Wildman–Crippen MR) is 99.3 cm³/mol. The highest BCUT2D eigenvalue weighted by atomic mass is 19.4. The Bertz CT molecular complexity index is 804. The zero-order valence-electron chi connectivity index (χ0n) is 17.1. The van der Waals surface area contributed by atoms with E-state index < -0.39 is 59.5 Å². The van der Waals surface area contributed by atoms with Crippen molar-refractivity contribution in [1.29, 1.82) is 0 Å². The standard InChI is InChI=1S/C21H25F4NO4/c1-20(2,3)30-19(28)26-15-7-13(8-16(26)11-29-10-15)18(27)9-12-6-14(22)4-5-17(12)21(23,24)25/h4-6,13,15-16H,7-11H2,1-3H3. The van der Waals surface area contributed by atoms with Gasteiger partial charge in [0.2, 0.25) is 0 Å². The van der Waals surface area contributed by atoms with Crippen molar-refractivity contribution in [2.75, 3.05) is 13.2 Å². The second kappa shape index (κ2) is 8.17. The number of ketones is 1. The quantitative estimate of drug-likeness (QED) is 0.667. The number of ether oxygens (including phenoxy) is 2. The lowest BCUT2D eigenvalue weighted by molar-refractivity contribution is -0.138. The van der Waals surface area contributed by atoms with E-state index in [1.165, 1.54) is 0 Å². The van der Waals surface area contributed by atoms with Crippen LogP contribution in [0.1, 0.15) is 44.7 Å². The lowest BCUT2D eigenvalue weighted by Crippen LogP contribution is -2.60. The van der Waals surface area contributed by atoms with Crippen LogP contribution in [0.4, 0.5) is 22.4 Å². The van der Waals surface area contributed by atoms with E-state index in [1.807, 2.05) is 0 Å². The molecule has 0 aromatic heterocycles. The smallest absolute Gasteiger partial charge is 0.416 e. The van der Waals surface area contributed by atoms with Gasteiger partial charge in [0.15, 0.2) is 0 Å². The molecular weight excluding hydrogens is 406 g/mol. The first kappa shape index (κ1) is 22.5. The SMILES string of the molecule is CC(C)(C)OC(=O)N1C2COCC1CC(C(=O)Cc1cc(F)ccc1C(F)(F)F)C2. The Morgan fingerprint density at radius 3 is 2.27 bits per heavy atom. The Balaban J connectivity index is 1.75. The summed E-state index contributed by atoms with van der Waals surface area (Å²) in [5.74, 6) is -1.76. The minimum atomic E-state index is -4.67. The largest absolute Gasteiger partial charge is 0.444 e. The van der Waals surface area contributed by atoms with Gasteiger partial charge in [-0.3, -0.25) is 9.69 Å². The monoisotopic (exact) mass is 431 g/mol. The molecule has 0 spiro atoms. The van der Waals surface area contributed by atoms with Crippen molar-refractivity contribution in [2.45, 2.75) is 63.9 Å². The van der Waals surface area contributed by atoms with Crippen LogP contribution in [0.3, 0.4) is 0 Å². The average Bonchev–Trinajstić information content (AvgIpc) is 2.57. The van der Waals surface area contributed by atoms with Crippen LogP contribution in [-0.4, -0.2) is 47.7 Å². The number of carbonyl (C=O) groups excluding carboxylic acids is 2. The van der Waals surface area contributed by atoms with Gasteiger partial charge in [-0.05, 0) is 57.4 Å². The molecule has 0 aliphatic carbocycles. The maximum absolute atomic E-state index is 13.5. The van der Waals surface area contributed by atoms with Gasteiger partial charge in [0.05, 0.1) is 30.9 Å². The van der Waals surface area contributed by atoms with Gasteiger partial charge < -0.3 is 9.47 Å². The summed E-state index contributed by atoms with van der Waals surface area (Å²) < 4.78 is 64.2. The van der Waals surface area contributed by atoms with Crippen LogP contribution < -0.4 is 0 Å². The molecule has 2 aliphatic rings. The van der Waals surface area contributed by atoms with Crippen LogP contribution in [0.25, 0.3) is 0 Å². The first-order valence-corrected chi connectivity index (χ1v) is 9.82. The number of hydrogen-bond donors (Lipinski definition) is 0. The van der Waals surface area contributed by atoms with Gasteiger partial charge in [-0.2, -0.15) is 13.2 Å². The van der Waals surface area contributed by atoms with Gasteiger partial charge in [-0.1, -0.05) is 0 Å². The number of alkyl halides is 3. The van der Waals surface area contributed by atoms with Crippen LogP contribution in [-0.2, 0) is 26.9 Å². The molecule has 30 heavy (non-hydrogen) atoms. The van der Waals surface area contributed by atoms with E-state index in [1.54, 1.807) is 25.7 Å². The summed E-state index contributed by atoms with van der Waals surface area (Å²) in [5.41, 5.74) is -2.06. The van der Waals surface area contributed by atoms with Gasteiger partial charge in [-0.25, -0.2) is 9.18 Å². The van der Waals surface area contributed by atoms with Crippen molar-refractivity contribution in [3.63, 3.8) is 0 Å². The average molecular weight is 431 g/mol. The number of piperidine rings is 1. The van der Waals surface area contributed by atoms with E-state index in [9.17, 15) is 27.2 Å². The van der Waals surface area contributed by atoms with E-state index in [0.717, 1.165) is 12.1 Å². The third kappa shape index (κ3) is 5.11. The third-order valence-electron chi connectivity index (χ3n) is 5.32. The van der Waals surface area contributed by atoms with E-state index in [-0.39, 0.29) is 31.6 Å². The van der Waals surface area contributed by atoms with E-state index in [4.69, 9.17) is 9.47 Å². The summed E-state index contributed by atoms with van der Waals surface area (Å²) in [6.45, 7) is 5.72. The second-order valence-electron chi connectivity index (χ2n) is 8.84.